The largest absolute Gasteiger partial charge is 0.352 e. The molecule has 0 radical (unpaired) electrons. The number of nitrogens with zero attached hydrogens (tertiary/aromatic N) is 1. The van der Waals surface area contributed by atoms with E-state index >= 15 is 0 Å². The molecule has 0 saturated heterocycles. The maximum absolute atomic E-state index is 11.8. The number of amides is 1. The molecule has 0 aromatic carbocycles. The van der Waals surface area contributed by atoms with Crippen LogP contribution < -0.4 is 11.1 Å². The summed E-state index contributed by atoms with van der Waals surface area (Å²) in [5, 5.41) is 11.4. The number of nitrogens with one attached hydrogen (secondary N) is 1. The molecule has 0 spiro atoms. The smallest absolute Gasteiger partial charge is 0.224 e. The summed E-state index contributed by atoms with van der Waals surface area (Å²) < 4.78 is 0. The van der Waals surface area contributed by atoms with Crippen LogP contribution in [0.5, 0.6) is 0 Å². The maximum atomic E-state index is 11.8. The minimum Gasteiger partial charge on any atom is -0.352 e. The van der Waals surface area contributed by atoms with Crippen molar-refractivity contribution in [1.82, 2.24) is 5.32 Å². The van der Waals surface area contributed by atoms with Crippen LogP contribution in [0.2, 0.25) is 0 Å². The van der Waals surface area contributed by atoms with Crippen LogP contribution in [0.25, 0.3) is 0 Å². The molecular weight excluding hydrogens is 190 g/mol. The monoisotopic (exact) mass is 211 g/mol. The quantitative estimate of drug-likeness (QED) is 0.688. The van der Waals surface area contributed by atoms with Gasteiger partial charge in [0.2, 0.25) is 5.91 Å². The van der Waals surface area contributed by atoms with E-state index in [1.807, 2.05) is 20.8 Å². The third kappa shape index (κ3) is 4.80. The highest BCUT2D eigenvalue weighted by Gasteiger charge is 2.22. The molecule has 86 valence electrons. The van der Waals surface area contributed by atoms with E-state index in [2.05, 4.69) is 11.4 Å². The summed E-state index contributed by atoms with van der Waals surface area (Å²) in [6, 6.07) is 2.02. The van der Waals surface area contributed by atoms with Crippen molar-refractivity contribution in [3.05, 3.63) is 0 Å². The van der Waals surface area contributed by atoms with Crippen molar-refractivity contribution in [1.29, 1.82) is 5.26 Å². The van der Waals surface area contributed by atoms with E-state index < -0.39 is 0 Å². The van der Waals surface area contributed by atoms with Crippen molar-refractivity contribution >= 4 is 5.91 Å². The molecular formula is C11H21N3O. The van der Waals surface area contributed by atoms with Crippen LogP contribution in [0.15, 0.2) is 0 Å². The molecule has 0 fully saturated rings. The first-order chi connectivity index (χ1) is 7.06. The second-order valence-corrected chi connectivity index (χ2v) is 4.06. The average molecular weight is 211 g/mol. The topological polar surface area (TPSA) is 78.9 Å². The number of nitriles is 1. The van der Waals surface area contributed by atoms with E-state index in [-0.39, 0.29) is 23.8 Å². The molecule has 2 atom stereocenters. The van der Waals surface area contributed by atoms with Crippen molar-refractivity contribution in [3.8, 4) is 6.07 Å². The van der Waals surface area contributed by atoms with Gasteiger partial charge in [-0.25, -0.2) is 0 Å². The minimum absolute atomic E-state index is 0.0328. The maximum Gasteiger partial charge on any atom is 0.224 e. The lowest BCUT2D eigenvalue weighted by Crippen LogP contribution is -2.42. The molecule has 4 heteroatoms. The van der Waals surface area contributed by atoms with Crippen LogP contribution in [0, 0.1) is 23.2 Å². The lowest BCUT2D eigenvalue weighted by atomic mass is 9.94. The Bertz CT molecular complexity index is 232. The number of rotatable bonds is 6. The van der Waals surface area contributed by atoms with Crippen molar-refractivity contribution in [2.24, 2.45) is 17.6 Å². The highest BCUT2D eigenvalue weighted by Crippen LogP contribution is 2.10. The molecule has 0 bridgehead atoms. The van der Waals surface area contributed by atoms with E-state index in [0.29, 0.717) is 13.0 Å². The average Bonchev–Trinajstić information content (AvgIpc) is 2.17. The Hall–Kier alpha value is -1.08. The molecule has 0 aromatic heterocycles. The molecule has 0 aliphatic rings. The molecule has 0 saturated carbocycles. The van der Waals surface area contributed by atoms with Crippen LogP contribution in [0.4, 0.5) is 0 Å². The van der Waals surface area contributed by atoms with Gasteiger partial charge in [0.25, 0.3) is 0 Å². The Morgan fingerprint density at radius 3 is 2.47 bits per heavy atom. The van der Waals surface area contributed by atoms with E-state index in [0.717, 1.165) is 6.42 Å². The van der Waals surface area contributed by atoms with Crippen molar-refractivity contribution in [2.75, 3.05) is 6.54 Å². The van der Waals surface area contributed by atoms with Crippen LogP contribution >= 0.6 is 0 Å². The summed E-state index contributed by atoms with van der Waals surface area (Å²) in [6.07, 6.45) is 1.13. The Morgan fingerprint density at radius 1 is 1.53 bits per heavy atom. The Labute approximate surface area is 91.8 Å². The summed E-state index contributed by atoms with van der Waals surface area (Å²) in [4.78, 5) is 11.8. The van der Waals surface area contributed by atoms with Gasteiger partial charge in [0.1, 0.15) is 0 Å². The first-order valence-electron chi connectivity index (χ1n) is 5.44. The van der Waals surface area contributed by atoms with Crippen LogP contribution in [0.1, 0.15) is 33.6 Å². The van der Waals surface area contributed by atoms with Crippen molar-refractivity contribution in [3.63, 3.8) is 0 Å². The fourth-order valence-electron chi connectivity index (χ4n) is 1.40. The number of hydrogen-bond acceptors (Lipinski definition) is 3. The molecule has 0 aliphatic heterocycles. The van der Waals surface area contributed by atoms with Gasteiger partial charge in [0.05, 0.1) is 18.4 Å². The zero-order valence-corrected chi connectivity index (χ0v) is 9.79. The van der Waals surface area contributed by atoms with E-state index in [9.17, 15) is 4.79 Å². The summed E-state index contributed by atoms with van der Waals surface area (Å²) in [7, 11) is 0. The number of nitrogens with two attached hydrogens (primary N) is 1. The van der Waals surface area contributed by atoms with Crippen molar-refractivity contribution in [2.45, 2.75) is 39.7 Å². The zero-order chi connectivity index (χ0) is 11.8. The third-order valence-corrected chi connectivity index (χ3v) is 2.57. The molecule has 2 unspecified atom stereocenters. The highest BCUT2D eigenvalue weighted by atomic mass is 16.2. The van der Waals surface area contributed by atoms with Gasteiger partial charge in [-0.3, -0.25) is 4.79 Å². The lowest BCUT2D eigenvalue weighted by Gasteiger charge is -2.21. The molecule has 1 amide bonds. The summed E-state index contributed by atoms with van der Waals surface area (Å²) >= 11 is 0. The van der Waals surface area contributed by atoms with Crippen LogP contribution in [0.3, 0.4) is 0 Å². The van der Waals surface area contributed by atoms with Crippen LogP contribution in [-0.2, 0) is 4.79 Å². The predicted octanol–water partition coefficient (Wildman–Crippen LogP) is 1.03. The predicted molar refractivity (Wildman–Crippen MR) is 59.8 cm³/mol. The SMILES string of the molecule is CCC(CC#N)NC(=O)C(CN)C(C)C. The zero-order valence-electron chi connectivity index (χ0n) is 9.79. The summed E-state index contributed by atoms with van der Waals surface area (Å²) in [5.74, 6) is 0.0435. The van der Waals surface area contributed by atoms with Gasteiger partial charge in [0, 0.05) is 12.6 Å². The molecule has 0 heterocycles. The van der Waals surface area contributed by atoms with E-state index in [1.54, 1.807) is 0 Å². The number of carbonyl (C=O) groups excluding carboxylic acids is 1. The first kappa shape index (κ1) is 13.9. The molecule has 0 aromatic rings. The molecule has 0 rings (SSSR count). The second-order valence-electron chi connectivity index (χ2n) is 4.06. The molecule has 3 N–H and O–H groups in total. The molecule has 4 nitrogen and oxygen atoms in total. The normalized spacial score (nSPS) is 14.4. The highest BCUT2D eigenvalue weighted by molar-refractivity contribution is 5.79. The van der Waals surface area contributed by atoms with Gasteiger partial charge < -0.3 is 11.1 Å². The lowest BCUT2D eigenvalue weighted by molar-refractivity contribution is -0.126. The standard InChI is InChI=1S/C11H21N3O/c1-4-9(5-6-12)14-11(15)10(7-13)8(2)3/h8-10H,4-5,7,13H2,1-3H3,(H,14,15). The Morgan fingerprint density at radius 2 is 2.13 bits per heavy atom. The fourth-order valence-corrected chi connectivity index (χ4v) is 1.40. The number of carbonyl (C=O) groups is 1. The summed E-state index contributed by atoms with van der Waals surface area (Å²) in [6.45, 7) is 6.26. The van der Waals surface area contributed by atoms with Crippen molar-refractivity contribution < 1.29 is 4.79 Å². The number of hydrogen-bond donors (Lipinski definition) is 2. The van der Waals surface area contributed by atoms with E-state index in [4.69, 9.17) is 11.0 Å². The van der Waals surface area contributed by atoms with Gasteiger partial charge >= 0.3 is 0 Å². The third-order valence-electron chi connectivity index (χ3n) is 2.57. The van der Waals surface area contributed by atoms with E-state index in [1.165, 1.54) is 0 Å². The van der Waals surface area contributed by atoms with Gasteiger partial charge in [-0.05, 0) is 12.3 Å². The van der Waals surface area contributed by atoms with Crippen LogP contribution in [-0.4, -0.2) is 18.5 Å². The van der Waals surface area contributed by atoms with Gasteiger partial charge in [-0.1, -0.05) is 20.8 Å². The van der Waals surface area contributed by atoms with Gasteiger partial charge in [-0.15, -0.1) is 0 Å². The summed E-state index contributed by atoms with van der Waals surface area (Å²) in [5.41, 5.74) is 5.54. The second kappa shape index (κ2) is 7.24. The molecule has 0 aliphatic carbocycles. The Balaban J connectivity index is 4.26. The van der Waals surface area contributed by atoms with Gasteiger partial charge in [-0.2, -0.15) is 5.26 Å². The fraction of sp³-hybridized carbons (Fsp3) is 0.818. The molecule has 15 heavy (non-hydrogen) atoms. The minimum atomic E-state index is -0.155. The van der Waals surface area contributed by atoms with Gasteiger partial charge in [0.15, 0.2) is 0 Å². The first-order valence-corrected chi connectivity index (χ1v) is 5.44. The Kier molecular flexibility index (Phi) is 6.72.